The Kier molecular flexibility index (Phi) is 2.49. The maximum Gasteiger partial charge on any atom is 0.329 e. The van der Waals surface area contributed by atoms with Gasteiger partial charge in [-0.15, -0.1) is 0 Å². The summed E-state index contributed by atoms with van der Waals surface area (Å²) in [5.41, 5.74) is 4.05. The molecule has 1 amide bonds. The minimum Gasteiger partial charge on any atom is -0.480 e. The Labute approximate surface area is 96.3 Å². The van der Waals surface area contributed by atoms with Crippen LogP contribution in [0.3, 0.4) is 0 Å². The molecule has 1 aliphatic heterocycles. The number of nitrogens with two attached hydrogens (primary N) is 1. The summed E-state index contributed by atoms with van der Waals surface area (Å²) in [4.78, 5) is 24.5. The number of rotatable bonds is 2. The molecule has 0 bridgehead atoms. The molecule has 1 aromatic heterocycles. The number of carbonyl (C=O) groups excluding carboxylic acids is 1. The van der Waals surface area contributed by atoms with Crippen molar-refractivity contribution in [2.45, 2.75) is 25.3 Å². The molecule has 1 aliphatic rings. The average molecular weight is 240 g/mol. The molecule has 17 heavy (non-hydrogen) atoms. The molecule has 1 fully saturated rings. The van der Waals surface area contributed by atoms with Crippen LogP contribution in [-0.4, -0.2) is 44.3 Å². The van der Waals surface area contributed by atoms with Gasteiger partial charge in [0.05, 0.1) is 0 Å². The van der Waals surface area contributed by atoms with E-state index in [2.05, 4.69) is 14.9 Å². The summed E-state index contributed by atoms with van der Waals surface area (Å²) in [6.45, 7) is 1.86. The lowest BCUT2D eigenvalue weighted by Crippen LogP contribution is -2.51. The van der Waals surface area contributed by atoms with Gasteiger partial charge in [0, 0.05) is 6.54 Å². The van der Waals surface area contributed by atoms with Crippen molar-refractivity contribution in [3.8, 4) is 0 Å². The Morgan fingerprint density at radius 3 is 2.76 bits per heavy atom. The molecule has 3 N–H and O–H groups in total. The van der Waals surface area contributed by atoms with Gasteiger partial charge in [0.15, 0.2) is 0 Å². The molecule has 2 rings (SSSR count). The van der Waals surface area contributed by atoms with Gasteiger partial charge in [-0.05, 0) is 30.1 Å². The zero-order valence-corrected chi connectivity index (χ0v) is 9.21. The number of carboxylic acids is 1. The van der Waals surface area contributed by atoms with Gasteiger partial charge in [0.2, 0.25) is 11.5 Å². The maximum absolute atomic E-state index is 12.1. The van der Waals surface area contributed by atoms with Gasteiger partial charge in [-0.2, -0.15) is 0 Å². The van der Waals surface area contributed by atoms with Crippen molar-refractivity contribution in [1.29, 1.82) is 0 Å². The first-order chi connectivity index (χ1) is 7.97. The van der Waals surface area contributed by atoms with Gasteiger partial charge in [0.1, 0.15) is 5.54 Å². The summed E-state index contributed by atoms with van der Waals surface area (Å²) in [6.07, 6.45) is 1.03. The standard InChI is InChI=1S/C9H12N4O4/c1-9(8(15)16)3-2-4-13(9)7(14)5-6(10)12-17-11-5/h2-4H2,1H3,(H2,10,12)(H,15,16). The number of carbonyl (C=O) groups is 2. The predicted molar refractivity (Wildman–Crippen MR) is 55.0 cm³/mol. The average Bonchev–Trinajstić information content (AvgIpc) is 2.84. The van der Waals surface area contributed by atoms with Crippen molar-refractivity contribution in [3.63, 3.8) is 0 Å². The Morgan fingerprint density at radius 2 is 2.24 bits per heavy atom. The Hall–Kier alpha value is -2.12. The molecule has 8 nitrogen and oxygen atoms in total. The van der Waals surface area contributed by atoms with E-state index in [0.29, 0.717) is 19.4 Å². The summed E-state index contributed by atoms with van der Waals surface area (Å²) in [5, 5.41) is 15.9. The van der Waals surface area contributed by atoms with Crippen molar-refractivity contribution in [2.75, 3.05) is 12.3 Å². The number of hydrogen-bond donors (Lipinski definition) is 2. The molecule has 1 aromatic rings. The first kappa shape index (κ1) is 11.4. The van der Waals surface area contributed by atoms with Gasteiger partial charge in [-0.25, -0.2) is 9.42 Å². The van der Waals surface area contributed by atoms with Crippen molar-refractivity contribution in [2.24, 2.45) is 0 Å². The van der Waals surface area contributed by atoms with E-state index in [1.165, 1.54) is 11.8 Å². The summed E-state index contributed by atoms with van der Waals surface area (Å²) < 4.78 is 4.33. The maximum atomic E-state index is 12.1. The number of carboxylic acid groups (broad SMARTS) is 1. The van der Waals surface area contributed by atoms with Crippen molar-refractivity contribution in [1.82, 2.24) is 15.2 Å². The number of nitrogen functional groups attached to an aromatic ring is 1. The van der Waals surface area contributed by atoms with Crippen LogP contribution in [0, 0.1) is 0 Å². The molecule has 1 saturated heterocycles. The van der Waals surface area contributed by atoms with E-state index in [-0.39, 0.29) is 11.5 Å². The molecule has 0 spiro atoms. The fourth-order valence-electron chi connectivity index (χ4n) is 1.98. The lowest BCUT2D eigenvalue weighted by molar-refractivity contribution is -0.147. The van der Waals surface area contributed by atoms with Gasteiger partial charge in [-0.3, -0.25) is 4.79 Å². The van der Waals surface area contributed by atoms with Crippen LogP contribution in [-0.2, 0) is 4.79 Å². The fourth-order valence-corrected chi connectivity index (χ4v) is 1.98. The van der Waals surface area contributed by atoms with Crippen LogP contribution < -0.4 is 5.73 Å². The quantitative estimate of drug-likeness (QED) is 0.729. The van der Waals surface area contributed by atoms with E-state index in [9.17, 15) is 14.7 Å². The highest BCUT2D eigenvalue weighted by atomic mass is 16.6. The lowest BCUT2D eigenvalue weighted by Gasteiger charge is -2.30. The number of aromatic nitrogens is 2. The number of hydrogen-bond acceptors (Lipinski definition) is 6. The van der Waals surface area contributed by atoms with Crippen molar-refractivity contribution in [3.05, 3.63) is 5.69 Å². The van der Waals surface area contributed by atoms with Crippen LogP contribution in [0.2, 0.25) is 0 Å². The molecule has 1 atom stereocenters. The number of amides is 1. The van der Waals surface area contributed by atoms with E-state index < -0.39 is 17.4 Å². The van der Waals surface area contributed by atoms with Crippen molar-refractivity contribution < 1.29 is 19.3 Å². The zero-order chi connectivity index (χ0) is 12.6. The second-order valence-electron chi connectivity index (χ2n) is 4.14. The number of nitrogens with zero attached hydrogens (tertiary/aromatic N) is 3. The summed E-state index contributed by atoms with van der Waals surface area (Å²) in [7, 11) is 0. The smallest absolute Gasteiger partial charge is 0.329 e. The van der Waals surface area contributed by atoms with Crippen LogP contribution in [0.15, 0.2) is 4.63 Å². The second-order valence-corrected chi connectivity index (χ2v) is 4.14. The minimum atomic E-state index is -1.22. The van der Waals surface area contributed by atoms with E-state index in [1.807, 2.05) is 0 Å². The topological polar surface area (TPSA) is 123 Å². The molecule has 0 aromatic carbocycles. The molecule has 0 aliphatic carbocycles. The fraction of sp³-hybridized carbons (Fsp3) is 0.556. The molecule has 92 valence electrons. The van der Waals surface area contributed by atoms with Crippen molar-refractivity contribution >= 4 is 17.7 Å². The Bertz CT molecular complexity index is 471. The Morgan fingerprint density at radius 1 is 1.53 bits per heavy atom. The number of likely N-dealkylation sites (tertiary alicyclic amines) is 1. The molecule has 2 heterocycles. The largest absolute Gasteiger partial charge is 0.480 e. The third kappa shape index (κ3) is 1.61. The molecule has 0 saturated carbocycles. The van der Waals surface area contributed by atoms with Gasteiger partial charge < -0.3 is 15.7 Å². The lowest BCUT2D eigenvalue weighted by atomic mass is 9.99. The highest BCUT2D eigenvalue weighted by Gasteiger charge is 2.47. The van der Waals surface area contributed by atoms with Crippen LogP contribution in [0.25, 0.3) is 0 Å². The normalized spacial score (nSPS) is 23.9. The molecule has 1 unspecified atom stereocenters. The van der Waals surface area contributed by atoms with E-state index >= 15 is 0 Å². The van der Waals surface area contributed by atoms with Gasteiger partial charge >= 0.3 is 5.97 Å². The highest BCUT2D eigenvalue weighted by Crippen LogP contribution is 2.31. The number of aliphatic carboxylic acids is 1. The summed E-state index contributed by atoms with van der Waals surface area (Å²) in [5.74, 6) is -1.74. The summed E-state index contributed by atoms with van der Waals surface area (Å²) in [6, 6.07) is 0. The predicted octanol–water partition coefficient (Wildman–Crippen LogP) is -0.269. The van der Waals surface area contributed by atoms with E-state index in [4.69, 9.17) is 5.73 Å². The molecule has 8 heteroatoms. The molecule has 0 radical (unpaired) electrons. The first-order valence-corrected chi connectivity index (χ1v) is 5.10. The minimum absolute atomic E-state index is 0.130. The van der Waals surface area contributed by atoms with E-state index in [0.717, 1.165) is 0 Å². The van der Waals surface area contributed by atoms with Crippen LogP contribution in [0.1, 0.15) is 30.3 Å². The van der Waals surface area contributed by atoms with E-state index in [1.54, 1.807) is 0 Å². The number of anilines is 1. The van der Waals surface area contributed by atoms with Crippen LogP contribution in [0.4, 0.5) is 5.82 Å². The van der Waals surface area contributed by atoms with Crippen LogP contribution >= 0.6 is 0 Å². The summed E-state index contributed by atoms with van der Waals surface area (Å²) >= 11 is 0. The van der Waals surface area contributed by atoms with Gasteiger partial charge in [-0.1, -0.05) is 0 Å². The Balaban J connectivity index is 2.32. The monoisotopic (exact) mass is 240 g/mol. The second kappa shape index (κ2) is 3.72. The molecular formula is C9H12N4O4. The first-order valence-electron chi connectivity index (χ1n) is 5.10. The third-order valence-electron chi connectivity index (χ3n) is 3.06. The SMILES string of the molecule is CC1(C(=O)O)CCCN1C(=O)c1nonc1N. The molecular weight excluding hydrogens is 228 g/mol. The van der Waals surface area contributed by atoms with Gasteiger partial charge in [0.25, 0.3) is 5.91 Å². The third-order valence-corrected chi connectivity index (χ3v) is 3.06. The highest BCUT2D eigenvalue weighted by molar-refractivity contribution is 5.99. The zero-order valence-electron chi connectivity index (χ0n) is 9.21. The van der Waals surface area contributed by atoms with Crippen LogP contribution in [0.5, 0.6) is 0 Å².